The lowest BCUT2D eigenvalue weighted by Gasteiger charge is -2.42. The SMILES string of the molecule is CC(=O)NC1C(NC(=O)C[C@H](NC(=O)COC2OC(CO)C(O)C(O)C2NC(C)=O)C(=O)N[C@@H](COC(C)(C)C)C(=O)NCC(=O)N[C@@H](COC(C)(C)C)C(=O)NCC(=O)N[C@@H](COC(C)(C)C)C(=O)NCC(=O)O)OC(CO)C(O)C1O. The Morgan fingerprint density at radius 3 is 1.27 bits per heavy atom. The molecule has 0 bridgehead atoms. The number of carboxylic acid groups (broad SMARTS) is 1. The normalized spacial score (nSPS) is 24.2. The van der Waals surface area contributed by atoms with Crippen molar-refractivity contribution in [1.82, 2.24) is 53.2 Å². The lowest BCUT2D eigenvalue weighted by Crippen LogP contribution is -2.68. The number of ether oxygens (including phenoxy) is 6. The second-order valence-electron chi connectivity index (χ2n) is 22.2. The van der Waals surface area contributed by atoms with E-state index in [2.05, 4.69) is 53.2 Å². The van der Waals surface area contributed by atoms with E-state index in [1.165, 1.54) is 0 Å². The summed E-state index contributed by atoms with van der Waals surface area (Å²) in [6.45, 7) is 10.1. The first kappa shape index (κ1) is 72.8. The van der Waals surface area contributed by atoms with Crippen molar-refractivity contribution >= 4 is 65.0 Å². The van der Waals surface area contributed by atoms with Gasteiger partial charge in [-0.15, -0.1) is 0 Å². The first-order valence-corrected chi connectivity index (χ1v) is 26.2. The van der Waals surface area contributed by atoms with E-state index in [4.69, 9.17) is 33.5 Å². The van der Waals surface area contributed by atoms with Crippen LogP contribution in [0.4, 0.5) is 0 Å². The molecule has 2 rings (SSSR count). The molecule has 34 heteroatoms. The minimum atomic E-state index is -2.00. The molecule has 2 aliphatic heterocycles. The molecule has 2 heterocycles. The number of rotatable bonds is 30. The minimum absolute atomic E-state index is 0.381. The summed E-state index contributed by atoms with van der Waals surface area (Å²) in [5.41, 5.74) is -2.65. The molecule has 0 aromatic heterocycles. The van der Waals surface area contributed by atoms with E-state index in [-0.39, 0.29) is 6.61 Å². The molecular formula is C49H84N10O24. The van der Waals surface area contributed by atoms with Crippen molar-refractivity contribution in [3.05, 3.63) is 0 Å². The van der Waals surface area contributed by atoms with Gasteiger partial charge in [-0.05, 0) is 62.3 Å². The van der Waals surface area contributed by atoms with Crippen LogP contribution in [0.3, 0.4) is 0 Å². The van der Waals surface area contributed by atoms with Gasteiger partial charge in [0, 0.05) is 13.8 Å². The summed E-state index contributed by atoms with van der Waals surface area (Å²) in [5.74, 6) is -11.4. The minimum Gasteiger partial charge on any atom is -0.480 e. The van der Waals surface area contributed by atoms with Gasteiger partial charge in [0.05, 0.1) is 69.3 Å². The second-order valence-corrected chi connectivity index (χ2v) is 22.2. The number of nitrogens with one attached hydrogen (secondary N) is 10. The molecule has 474 valence electrons. The van der Waals surface area contributed by atoms with Gasteiger partial charge >= 0.3 is 5.97 Å². The van der Waals surface area contributed by atoms with Crippen LogP contribution in [-0.2, 0) is 81.2 Å². The van der Waals surface area contributed by atoms with Crippen LogP contribution >= 0.6 is 0 Å². The fraction of sp³-hybridized carbons (Fsp3) is 0.776. The molecule has 2 aliphatic rings. The number of carboxylic acids is 1. The molecule has 2 fully saturated rings. The summed E-state index contributed by atoms with van der Waals surface area (Å²) in [4.78, 5) is 143. The predicted octanol–water partition coefficient (Wildman–Crippen LogP) is -8.79. The molecule has 0 spiro atoms. The van der Waals surface area contributed by atoms with Crippen LogP contribution in [0, 0.1) is 0 Å². The van der Waals surface area contributed by atoms with Gasteiger partial charge in [-0.2, -0.15) is 0 Å². The Balaban J connectivity index is 2.41. The van der Waals surface area contributed by atoms with Gasteiger partial charge in [-0.3, -0.25) is 52.7 Å². The smallest absolute Gasteiger partial charge is 0.322 e. The third-order valence-corrected chi connectivity index (χ3v) is 11.5. The number of aliphatic carboxylic acids is 1. The van der Waals surface area contributed by atoms with Gasteiger partial charge in [0.15, 0.2) is 12.5 Å². The van der Waals surface area contributed by atoms with Crippen LogP contribution < -0.4 is 53.2 Å². The van der Waals surface area contributed by atoms with Crippen LogP contribution in [0.5, 0.6) is 0 Å². The maximum absolute atomic E-state index is 14.3. The highest BCUT2D eigenvalue weighted by Gasteiger charge is 2.47. The van der Waals surface area contributed by atoms with Crippen molar-refractivity contribution in [2.24, 2.45) is 0 Å². The molecule has 0 aromatic rings. The average Bonchev–Trinajstić information content (AvgIpc) is 3.59. The Bertz CT molecular complexity index is 2240. The molecule has 14 atom stereocenters. The van der Waals surface area contributed by atoms with Gasteiger partial charge in [-0.25, -0.2) is 0 Å². The Morgan fingerprint density at radius 2 is 0.855 bits per heavy atom. The van der Waals surface area contributed by atoms with E-state index in [1.807, 2.05) is 0 Å². The number of aliphatic hydroxyl groups excluding tert-OH is 6. The maximum atomic E-state index is 14.3. The van der Waals surface area contributed by atoms with Gasteiger partial charge in [0.1, 0.15) is 86.0 Å². The van der Waals surface area contributed by atoms with Gasteiger partial charge in [0.25, 0.3) is 0 Å². The van der Waals surface area contributed by atoms with Crippen LogP contribution in [0.25, 0.3) is 0 Å². The van der Waals surface area contributed by atoms with Crippen molar-refractivity contribution in [2.45, 2.75) is 185 Å². The van der Waals surface area contributed by atoms with E-state index >= 15 is 0 Å². The van der Waals surface area contributed by atoms with E-state index in [0.29, 0.717) is 0 Å². The molecule has 17 N–H and O–H groups in total. The Morgan fingerprint density at radius 1 is 0.470 bits per heavy atom. The average molecular weight is 1200 g/mol. The standard InChI is InChI=1S/C49H84N10O24/c1-22(62)53-35-39(72)37(70)28(16-60)82-45(35)59-30(64)12-24(55-33(67)21-78-46-36(54-23(2)63)40(73)38(71)29(17-61)83-46)44(77)58-27(20-81-49(9,10)11)43(76)51-14-32(66)56-25(18-79-47(3,4)5)41(74)50-13-31(65)57-26(19-80-48(6,7)8)42(75)52-15-34(68)69/h24-29,35-40,45-46,60-61,70-73H,12-21H2,1-11H3,(H,50,74)(H,51,76)(H,52,75)(H,53,62)(H,54,63)(H,55,67)(H,56,66)(H,57,65)(H,58,77)(H,59,64)(H,68,69)/t24-,25-,26-,27-,28?,29?,35?,36?,37?,38?,39?,40?,45?,46?/m0/s1. The molecule has 2 saturated heterocycles. The Hall–Kier alpha value is -6.31. The number of carbonyl (C=O) groups is 11. The van der Waals surface area contributed by atoms with E-state index in [9.17, 15) is 83.4 Å². The topological polar surface area (TPSA) is 505 Å². The molecule has 34 nitrogen and oxygen atoms in total. The summed E-state index contributed by atoms with van der Waals surface area (Å²) in [6.07, 6.45) is -14.5. The highest BCUT2D eigenvalue weighted by molar-refractivity contribution is 5.97. The zero-order valence-corrected chi connectivity index (χ0v) is 48.2. The number of carbonyl (C=O) groups excluding carboxylic acids is 10. The van der Waals surface area contributed by atoms with Crippen LogP contribution in [0.2, 0.25) is 0 Å². The van der Waals surface area contributed by atoms with Crippen molar-refractivity contribution in [3.63, 3.8) is 0 Å². The molecule has 0 aromatic carbocycles. The fourth-order valence-electron chi connectivity index (χ4n) is 7.43. The number of amides is 10. The summed E-state index contributed by atoms with van der Waals surface area (Å²) < 4.78 is 33.6. The van der Waals surface area contributed by atoms with Gasteiger partial charge < -0.3 is 117 Å². The van der Waals surface area contributed by atoms with Crippen molar-refractivity contribution in [2.75, 3.05) is 59.3 Å². The quantitative estimate of drug-likeness (QED) is 0.0318. The number of hydrogen-bond acceptors (Lipinski definition) is 23. The van der Waals surface area contributed by atoms with Crippen molar-refractivity contribution < 1.29 is 117 Å². The van der Waals surface area contributed by atoms with Crippen LogP contribution in [-0.4, -0.2) is 262 Å². The first-order chi connectivity index (χ1) is 38.3. The molecule has 0 saturated carbocycles. The van der Waals surface area contributed by atoms with Gasteiger partial charge in [0.2, 0.25) is 59.1 Å². The molecule has 10 unspecified atom stereocenters. The monoisotopic (exact) mass is 1200 g/mol. The zero-order chi connectivity index (χ0) is 63.3. The molecule has 83 heavy (non-hydrogen) atoms. The third kappa shape index (κ3) is 26.9. The fourth-order valence-corrected chi connectivity index (χ4v) is 7.43. The highest BCUT2D eigenvalue weighted by atomic mass is 16.7. The Labute approximate surface area is 478 Å². The molecule has 10 amide bonds. The lowest BCUT2D eigenvalue weighted by atomic mass is 9.95. The lowest BCUT2D eigenvalue weighted by molar-refractivity contribution is -0.268. The summed E-state index contributed by atoms with van der Waals surface area (Å²) in [5, 5.41) is 93.9. The molecule has 0 radical (unpaired) electrons. The number of aliphatic hydroxyl groups is 6. The summed E-state index contributed by atoms with van der Waals surface area (Å²) >= 11 is 0. The van der Waals surface area contributed by atoms with E-state index < -0.39 is 226 Å². The van der Waals surface area contributed by atoms with Gasteiger partial charge in [-0.1, -0.05) is 0 Å². The van der Waals surface area contributed by atoms with Crippen LogP contribution in [0.1, 0.15) is 82.6 Å². The maximum Gasteiger partial charge on any atom is 0.322 e. The van der Waals surface area contributed by atoms with Crippen molar-refractivity contribution in [3.8, 4) is 0 Å². The van der Waals surface area contributed by atoms with Crippen molar-refractivity contribution in [1.29, 1.82) is 0 Å². The second kappa shape index (κ2) is 33.3. The largest absolute Gasteiger partial charge is 0.480 e. The molecular weight excluding hydrogens is 1110 g/mol. The summed E-state index contributed by atoms with van der Waals surface area (Å²) in [6, 6.07) is -9.72. The van der Waals surface area contributed by atoms with E-state index in [0.717, 1.165) is 13.8 Å². The first-order valence-electron chi connectivity index (χ1n) is 26.2. The summed E-state index contributed by atoms with van der Waals surface area (Å²) in [7, 11) is 0. The Kier molecular flexibility index (Phi) is 29.2. The predicted molar refractivity (Wildman–Crippen MR) is 281 cm³/mol. The number of hydrogen-bond donors (Lipinski definition) is 17. The molecule has 0 aliphatic carbocycles. The zero-order valence-electron chi connectivity index (χ0n) is 48.2. The van der Waals surface area contributed by atoms with E-state index in [1.54, 1.807) is 62.3 Å². The third-order valence-electron chi connectivity index (χ3n) is 11.5. The highest BCUT2D eigenvalue weighted by Crippen LogP contribution is 2.23. The van der Waals surface area contributed by atoms with Crippen LogP contribution in [0.15, 0.2) is 0 Å².